The van der Waals surface area contributed by atoms with E-state index >= 15 is 0 Å². The van der Waals surface area contributed by atoms with E-state index in [1.165, 1.54) is 4.90 Å². The van der Waals surface area contributed by atoms with Gasteiger partial charge in [-0.2, -0.15) is 0 Å². The van der Waals surface area contributed by atoms with Crippen LogP contribution in [-0.4, -0.2) is 39.1 Å². The highest BCUT2D eigenvalue weighted by molar-refractivity contribution is 6.06. The maximum atomic E-state index is 12.5. The Hall–Kier alpha value is -2.92. The van der Waals surface area contributed by atoms with Gasteiger partial charge in [-0.05, 0) is 53.7 Å². The first-order valence-corrected chi connectivity index (χ1v) is 9.60. The number of carbonyl (C=O) groups excluding carboxylic acids is 1. The van der Waals surface area contributed by atoms with Gasteiger partial charge in [0.1, 0.15) is 5.70 Å². The lowest BCUT2D eigenvalue weighted by molar-refractivity contribution is -0.161. The number of aryl methyl sites for hydroxylation is 1. The summed E-state index contributed by atoms with van der Waals surface area (Å²) in [7, 11) is 0. The smallest absolute Gasteiger partial charge is 0.352 e. The van der Waals surface area contributed by atoms with Crippen LogP contribution in [0.1, 0.15) is 31.4 Å². The van der Waals surface area contributed by atoms with Crippen molar-refractivity contribution in [2.24, 2.45) is 5.92 Å². The van der Waals surface area contributed by atoms with Gasteiger partial charge in [-0.25, -0.2) is 4.79 Å². The van der Waals surface area contributed by atoms with Crippen molar-refractivity contribution < 1.29 is 19.8 Å². The minimum Gasteiger partial charge on any atom is -0.477 e. The SMILES string of the molecule is CCc1ccc(-c2ccccc2)cc1C1=C(C(=O)O)N2C(=O)[C@H]([C@@H](C)O)C2C1. The molecule has 4 rings (SSSR count). The summed E-state index contributed by atoms with van der Waals surface area (Å²) in [6.07, 6.45) is 0.428. The Balaban J connectivity index is 1.84. The van der Waals surface area contributed by atoms with Crippen molar-refractivity contribution in [3.05, 3.63) is 65.4 Å². The second-order valence-corrected chi connectivity index (χ2v) is 7.47. The summed E-state index contributed by atoms with van der Waals surface area (Å²) in [4.78, 5) is 25.9. The molecule has 0 radical (unpaired) electrons. The number of hydrogen-bond acceptors (Lipinski definition) is 3. The van der Waals surface area contributed by atoms with Crippen LogP contribution in [0.3, 0.4) is 0 Å². The van der Waals surface area contributed by atoms with Gasteiger partial charge in [-0.15, -0.1) is 0 Å². The van der Waals surface area contributed by atoms with Crippen LogP contribution >= 0.6 is 0 Å². The highest BCUT2D eigenvalue weighted by Crippen LogP contribution is 2.48. The standard InChI is InChI=1S/C23H23NO4/c1-3-14-9-10-16(15-7-5-4-6-8-15)11-17(14)18-12-19-20(13(2)25)22(26)24(19)21(18)23(27)28/h4-11,13,19-20,25H,3,12H2,1-2H3,(H,27,28)/t13-,19?,20-/m1/s1. The lowest BCUT2D eigenvalue weighted by Gasteiger charge is -2.44. The highest BCUT2D eigenvalue weighted by atomic mass is 16.4. The van der Waals surface area contributed by atoms with E-state index in [0.29, 0.717) is 12.0 Å². The van der Waals surface area contributed by atoms with Crippen molar-refractivity contribution in [2.75, 3.05) is 0 Å². The predicted octanol–water partition coefficient (Wildman–Crippen LogP) is 3.32. The number of rotatable bonds is 5. The molecule has 1 amide bonds. The molecule has 0 saturated carbocycles. The molecule has 144 valence electrons. The van der Waals surface area contributed by atoms with E-state index in [2.05, 4.69) is 0 Å². The summed E-state index contributed by atoms with van der Waals surface area (Å²) in [5, 5.41) is 19.8. The van der Waals surface area contributed by atoms with E-state index in [4.69, 9.17) is 0 Å². The van der Waals surface area contributed by atoms with E-state index in [0.717, 1.165) is 28.7 Å². The van der Waals surface area contributed by atoms with Crippen molar-refractivity contribution in [1.82, 2.24) is 4.90 Å². The number of carbonyl (C=O) groups is 2. The summed E-state index contributed by atoms with van der Waals surface area (Å²) in [6, 6.07) is 15.8. The lowest BCUT2D eigenvalue weighted by atomic mass is 9.82. The van der Waals surface area contributed by atoms with E-state index in [-0.39, 0.29) is 17.6 Å². The van der Waals surface area contributed by atoms with Crippen LogP contribution in [0.25, 0.3) is 16.7 Å². The fourth-order valence-corrected chi connectivity index (χ4v) is 4.49. The highest BCUT2D eigenvalue weighted by Gasteiger charge is 2.56. The molecule has 28 heavy (non-hydrogen) atoms. The number of benzene rings is 2. The molecule has 3 atom stereocenters. The first-order chi connectivity index (χ1) is 13.4. The molecule has 2 aromatic carbocycles. The summed E-state index contributed by atoms with van der Waals surface area (Å²) in [5.41, 5.74) is 4.75. The number of carboxylic acid groups (broad SMARTS) is 1. The van der Waals surface area contributed by atoms with Gasteiger partial charge < -0.3 is 15.1 Å². The summed E-state index contributed by atoms with van der Waals surface area (Å²) in [5.74, 6) is -1.93. The van der Waals surface area contributed by atoms with Gasteiger partial charge in [0.25, 0.3) is 0 Å². The van der Waals surface area contributed by atoms with Crippen molar-refractivity contribution in [3.8, 4) is 11.1 Å². The van der Waals surface area contributed by atoms with Crippen LogP contribution in [0.2, 0.25) is 0 Å². The first kappa shape index (κ1) is 18.4. The maximum absolute atomic E-state index is 12.5. The number of β-lactam (4-membered cyclic amide) rings is 1. The number of nitrogens with zero attached hydrogens (tertiary/aromatic N) is 1. The number of aliphatic hydroxyl groups is 1. The minimum absolute atomic E-state index is 0.0619. The number of fused-ring (bicyclic) bond motifs is 1. The van der Waals surface area contributed by atoms with Gasteiger partial charge in [0, 0.05) is 0 Å². The number of carboxylic acids is 1. The Morgan fingerprint density at radius 1 is 1.18 bits per heavy atom. The molecule has 0 spiro atoms. The number of aliphatic hydroxyl groups excluding tert-OH is 1. The Bertz CT molecular complexity index is 977. The van der Waals surface area contributed by atoms with Gasteiger partial charge >= 0.3 is 5.97 Å². The van der Waals surface area contributed by atoms with Crippen LogP contribution in [0, 0.1) is 5.92 Å². The summed E-state index contributed by atoms with van der Waals surface area (Å²) < 4.78 is 0. The third kappa shape index (κ3) is 2.74. The largest absolute Gasteiger partial charge is 0.477 e. The molecule has 2 aliphatic rings. The molecule has 2 aromatic rings. The topological polar surface area (TPSA) is 77.8 Å². The molecule has 1 fully saturated rings. The lowest BCUT2D eigenvalue weighted by Crippen LogP contribution is -2.61. The maximum Gasteiger partial charge on any atom is 0.352 e. The zero-order chi connectivity index (χ0) is 20.0. The van der Waals surface area contributed by atoms with Crippen LogP contribution in [-0.2, 0) is 16.0 Å². The molecular formula is C23H23NO4. The third-order valence-corrected chi connectivity index (χ3v) is 5.85. The third-order valence-electron chi connectivity index (χ3n) is 5.85. The summed E-state index contributed by atoms with van der Waals surface area (Å²) in [6.45, 7) is 3.63. The van der Waals surface area contributed by atoms with Gasteiger partial charge in [-0.3, -0.25) is 4.79 Å². The van der Waals surface area contributed by atoms with Crippen molar-refractivity contribution in [3.63, 3.8) is 0 Å². The average molecular weight is 377 g/mol. The zero-order valence-corrected chi connectivity index (χ0v) is 15.9. The Morgan fingerprint density at radius 3 is 2.50 bits per heavy atom. The molecule has 5 heteroatoms. The van der Waals surface area contributed by atoms with E-state index in [1.54, 1.807) is 6.92 Å². The van der Waals surface area contributed by atoms with Gasteiger partial charge in [-0.1, -0.05) is 49.4 Å². The zero-order valence-electron chi connectivity index (χ0n) is 15.9. The van der Waals surface area contributed by atoms with Gasteiger partial charge in [0.15, 0.2) is 0 Å². The van der Waals surface area contributed by atoms with E-state index in [1.807, 2.05) is 55.5 Å². The first-order valence-electron chi connectivity index (χ1n) is 9.60. The van der Waals surface area contributed by atoms with Crippen molar-refractivity contribution >= 4 is 17.4 Å². The van der Waals surface area contributed by atoms with Gasteiger partial charge in [0.05, 0.1) is 18.1 Å². The van der Waals surface area contributed by atoms with Gasteiger partial charge in [0.2, 0.25) is 5.91 Å². The molecule has 1 saturated heterocycles. The second kappa shape index (κ2) is 6.91. The number of amides is 1. The van der Waals surface area contributed by atoms with Crippen molar-refractivity contribution in [1.29, 1.82) is 0 Å². The molecule has 5 nitrogen and oxygen atoms in total. The Kier molecular flexibility index (Phi) is 4.55. The molecule has 0 aromatic heterocycles. The van der Waals surface area contributed by atoms with E-state index < -0.39 is 18.0 Å². The Morgan fingerprint density at radius 2 is 1.89 bits per heavy atom. The van der Waals surface area contributed by atoms with Crippen LogP contribution in [0.5, 0.6) is 0 Å². The predicted molar refractivity (Wildman–Crippen MR) is 106 cm³/mol. The summed E-state index contributed by atoms with van der Waals surface area (Å²) >= 11 is 0. The average Bonchev–Trinajstić information content (AvgIpc) is 3.03. The van der Waals surface area contributed by atoms with Crippen molar-refractivity contribution in [2.45, 2.75) is 38.8 Å². The number of aliphatic carboxylic acids is 1. The molecule has 0 bridgehead atoms. The molecular weight excluding hydrogens is 354 g/mol. The molecule has 2 N–H and O–H groups in total. The molecule has 0 aliphatic carbocycles. The quantitative estimate of drug-likeness (QED) is 0.784. The fourth-order valence-electron chi connectivity index (χ4n) is 4.49. The molecule has 2 heterocycles. The normalized spacial score (nSPS) is 22.1. The van der Waals surface area contributed by atoms with E-state index in [9.17, 15) is 19.8 Å². The number of hydrogen-bond donors (Lipinski definition) is 2. The Labute approximate surface area is 163 Å². The monoisotopic (exact) mass is 377 g/mol. The second-order valence-electron chi connectivity index (χ2n) is 7.47. The van der Waals surface area contributed by atoms with Crippen LogP contribution < -0.4 is 0 Å². The fraction of sp³-hybridized carbons (Fsp3) is 0.304. The molecule has 2 aliphatic heterocycles. The minimum atomic E-state index is -1.10. The molecule has 1 unspecified atom stereocenters. The van der Waals surface area contributed by atoms with Crippen LogP contribution in [0.15, 0.2) is 54.2 Å². The van der Waals surface area contributed by atoms with Crippen LogP contribution in [0.4, 0.5) is 0 Å².